The van der Waals surface area contributed by atoms with Gasteiger partial charge >= 0.3 is 0 Å². The summed E-state index contributed by atoms with van der Waals surface area (Å²) in [5.41, 5.74) is 1.04. The maximum Gasteiger partial charge on any atom is 0.220 e. The number of hydrogen-bond acceptors (Lipinski definition) is 4. The second-order valence-corrected chi connectivity index (χ2v) is 5.67. The number of carbonyl (C=O) groups excluding carboxylic acids is 1. The van der Waals surface area contributed by atoms with E-state index in [1.165, 1.54) is 6.42 Å². The van der Waals surface area contributed by atoms with E-state index in [9.17, 15) is 4.79 Å². The summed E-state index contributed by atoms with van der Waals surface area (Å²) in [6, 6.07) is 5.81. The monoisotopic (exact) mass is 290 g/mol. The number of rotatable bonds is 4. The predicted octanol–water partition coefficient (Wildman–Crippen LogP) is 1.46. The highest BCUT2D eigenvalue weighted by Crippen LogP contribution is 2.30. The van der Waals surface area contributed by atoms with E-state index >= 15 is 0 Å². The molecule has 5 heteroatoms. The average Bonchev–Trinajstić information content (AvgIpc) is 2.54. The summed E-state index contributed by atoms with van der Waals surface area (Å²) in [5, 5.41) is 6.33. The first-order chi connectivity index (χ1) is 10.3. The summed E-state index contributed by atoms with van der Waals surface area (Å²) in [5.74, 6) is 2.15. The van der Waals surface area contributed by atoms with E-state index in [4.69, 9.17) is 9.47 Å². The lowest BCUT2D eigenvalue weighted by Gasteiger charge is -2.22. The Bertz CT molecular complexity index is 498. The van der Waals surface area contributed by atoms with Crippen LogP contribution < -0.4 is 20.1 Å². The van der Waals surface area contributed by atoms with Gasteiger partial charge in [-0.1, -0.05) is 6.07 Å². The van der Waals surface area contributed by atoms with Crippen molar-refractivity contribution in [1.29, 1.82) is 0 Å². The number of piperidine rings is 1. The molecule has 2 N–H and O–H groups in total. The van der Waals surface area contributed by atoms with Gasteiger partial charge in [-0.25, -0.2) is 0 Å². The largest absolute Gasteiger partial charge is 0.486 e. The minimum atomic E-state index is 0.124. The lowest BCUT2D eigenvalue weighted by Crippen LogP contribution is -2.34. The molecule has 21 heavy (non-hydrogen) atoms. The molecule has 0 saturated carbocycles. The van der Waals surface area contributed by atoms with E-state index < -0.39 is 0 Å². The highest BCUT2D eigenvalue weighted by atomic mass is 16.6. The highest BCUT2D eigenvalue weighted by Gasteiger charge is 2.17. The van der Waals surface area contributed by atoms with Crippen molar-refractivity contribution < 1.29 is 14.3 Å². The number of hydrogen-bond donors (Lipinski definition) is 2. The fourth-order valence-electron chi connectivity index (χ4n) is 2.83. The Labute approximate surface area is 125 Å². The van der Waals surface area contributed by atoms with Gasteiger partial charge in [-0.05, 0) is 49.5 Å². The Morgan fingerprint density at radius 3 is 2.95 bits per heavy atom. The number of benzene rings is 1. The molecule has 114 valence electrons. The average molecular weight is 290 g/mol. The van der Waals surface area contributed by atoms with Crippen LogP contribution in [-0.2, 0) is 11.3 Å². The van der Waals surface area contributed by atoms with Gasteiger partial charge in [0.15, 0.2) is 11.5 Å². The SMILES string of the molecule is O=C(CC1CCCNC1)NCc1ccc2c(c1)OCCO2. The second kappa shape index (κ2) is 6.80. The zero-order valence-electron chi connectivity index (χ0n) is 12.2. The van der Waals surface area contributed by atoms with Gasteiger partial charge in [0, 0.05) is 13.0 Å². The molecule has 3 rings (SSSR count). The third kappa shape index (κ3) is 3.88. The van der Waals surface area contributed by atoms with Crippen LogP contribution in [-0.4, -0.2) is 32.2 Å². The van der Waals surface area contributed by atoms with Gasteiger partial charge < -0.3 is 20.1 Å². The number of ether oxygens (including phenoxy) is 2. The fourth-order valence-corrected chi connectivity index (χ4v) is 2.83. The second-order valence-electron chi connectivity index (χ2n) is 5.67. The number of amides is 1. The van der Waals surface area contributed by atoms with Crippen LogP contribution in [0.15, 0.2) is 18.2 Å². The maximum absolute atomic E-state index is 12.0. The first kappa shape index (κ1) is 14.2. The van der Waals surface area contributed by atoms with Crippen molar-refractivity contribution in [2.45, 2.75) is 25.8 Å². The number of fused-ring (bicyclic) bond motifs is 1. The van der Waals surface area contributed by atoms with Crippen LogP contribution in [0.1, 0.15) is 24.8 Å². The van der Waals surface area contributed by atoms with Gasteiger partial charge in [0.2, 0.25) is 5.91 Å². The van der Waals surface area contributed by atoms with Crippen LogP contribution in [0.5, 0.6) is 11.5 Å². The smallest absolute Gasteiger partial charge is 0.220 e. The molecule has 1 amide bonds. The molecule has 2 aliphatic heterocycles. The van der Waals surface area contributed by atoms with Crippen LogP contribution in [0.2, 0.25) is 0 Å². The predicted molar refractivity (Wildman–Crippen MR) is 79.5 cm³/mol. The normalized spacial score (nSPS) is 20.9. The lowest BCUT2D eigenvalue weighted by atomic mass is 9.96. The lowest BCUT2D eigenvalue weighted by molar-refractivity contribution is -0.122. The summed E-state index contributed by atoms with van der Waals surface area (Å²) >= 11 is 0. The zero-order chi connectivity index (χ0) is 14.5. The summed E-state index contributed by atoms with van der Waals surface area (Å²) in [7, 11) is 0. The van der Waals surface area contributed by atoms with Crippen LogP contribution in [0.25, 0.3) is 0 Å². The highest BCUT2D eigenvalue weighted by molar-refractivity contribution is 5.76. The van der Waals surface area contributed by atoms with E-state index in [1.54, 1.807) is 0 Å². The first-order valence-corrected chi connectivity index (χ1v) is 7.67. The maximum atomic E-state index is 12.0. The molecule has 0 bridgehead atoms. The molecule has 2 heterocycles. The molecule has 0 spiro atoms. The molecule has 1 fully saturated rings. The van der Waals surface area contributed by atoms with E-state index in [0.717, 1.165) is 36.6 Å². The summed E-state index contributed by atoms with van der Waals surface area (Å²) in [6.45, 7) is 3.75. The summed E-state index contributed by atoms with van der Waals surface area (Å²) < 4.78 is 11.0. The first-order valence-electron chi connectivity index (χ1n) is 7.67. The zero-order valence-corrected chi connectivity index (χ0v) is 12.2. The Kier molecular flexibility index (Phi) is 4.60. The van der Waals surface area contributed by atoms with Gasteiger partial charge in [0.25, 0.3) is 0 Å². The van der Waals surface area contributed by atoms with Crippen molar-refractivity contribution in [2.24, 2.45) is 5.92 Å². The Hall–Kier alpha value is -1.75. The van der Waals surface area contributed by atoms with Crippen LogP contribution in [0, 0.1) is 5.92 Å². The Morgan fingerprint density at radius 2 is 2.14 bits per heavy atom. The molecule has 0 aromatic heterocycles. The number of nitrogens with one attached hydrogen (secondary N) is 2. The molecular weight excluding hydrogens is 268 g/mol. The van der Waals surface area contributed by atoms with Crippen LogP contribution in [0.4, 0.5) is 0 Å². The standard InChI is InChI=1S/C16H22N2O3/c19-16(9-12-2-1-5-17-10-12)18-11-13-3-4-14-15(8-13)21-7-6-20-14/h3-4,8,12,17H,1-2,5-7,9-11H2,(H,18,19). The van der Waals surface area contributed by atoms with Gasteiger partial charge in [-0.2, -0.15) is 0 Å². The van der Waals surface area contributed by atoms with Crippen molar-refractivity contribution in [3.8, 4) is 11.5 Å². The summed E-state index contributed by atoms with van der Waals surface area (Å²) in [6.07, 6.45) is 2.92. The molecule has 5 nitrogen and oxygen atoms in total. The molecule has 1 atom stereocenters. The van der Waals surface area contributed by atoms with Gasteiger partial charge in [0.1, 0.15) is 13.2 Å². The minimum absolute atomic E-state index is 0.124. The van der Waals surface area contributed by atoms with E-state index in [1.807, 2.05) is 18.2 Å². The van der Waals surface area contributed by atoms with E-state index in [0.29, 0.717) is 32.1 Å². The van der Waals surface area contributed by atoms with Crippen molar-refractivity contribution in [2.75, 3.05) is 26.3 Å². The van der Waals surface area contributed by atoms with Crippen LogP contribution in [0.3, 0.4) is 0 Å². The van der Waals surface area contributed by atoms with E-state index in [-0.39, 0.29) is 5.91 Å². The molecule has 1 aromatic carbocycles. The van der Waals surface area contributed by atoms with E-state index in [2.05, 4.69) is 10.6 Å². The molecule has 1 saturated heterocycles. The number of carbonyl (C=O) groups is 1. The molecular formula is C16H22N2O3. The van der Waals surface area contributed by atoms with Crippen molar-refractivity contribution >= 4 is 5.91 Å². The van der Waals surface area contributed by atoms with Crippen molar-refractivity contribution in [3.63, 3.8) is 0 Å². The topological polar surface area (TPSA) is 59.6 Å². The van der Waals surface area contributed by atoms with Gasteiger partial charge in [-0.3, -0.25) is 4.79 Å². The molecule has 0 radical (unpaired) electrons. The third-order valence-electron chi connectivity index (χ3n) is 3.97. The molecule has 0 aliphatic carbocycles. The van der Waals surface area contributed by atoms with Crippen LogP contribution >= 0.6 is 0 Å². The van der Waals surface area contributed by atoms with Crippen molar-refractivity contribution in [1.82, 2.24) is 10.6 Å². The molecule has 1 aromatic rings. The Morgan fingerprint density at radius 1 is 1.29 bits per heavy atom. The Balaban J connectivity index is 1.49. The molecule has 2 aliphatic rings. The van der Waals surface area contributed by atoms with Gasteiger partial charge in [-0.15, -0.1) is 0 Å². The van der Waals surface area contributed by atoms with Crippen molar-refractivity contribution in [3.05, 3.63) is 23.8 Å². The van der Waals surface area contributed by atoms with Gasteiger partial charge in [0.05, 0.1) is 0 Å². The fraction of sp³-hybridized carbons (Fsp3) is 0.562. The minimum Gasteiger partial charge on any atom is -0.486 e. The third-order valence-corrected chi connectivity index (χ3v) is 3.97. The summed E-state index contributed by atoms with van der Waals surface area (Å²) in [4.78, 5) is 12.0. The molecule has 1 unspecified atom stereocenters. The quantitative estimate of drug-likeness (QED) is 0.881.